The lowest BCUT2D eigenvalue weighted by atomic mass is 10.0. The van der Waals surface area contributed by atoms with E-state index in [0.717, 1.165) is 0 Å². The molecule has 0 spiro atoms. The van der Waals surface area contributed by atoms with Crippen LogP contribution in [0.5, 0.6) is 11.5 Å². The second kappa shape index (κ2) is 7.70. The molecule has 2 aromatic carbocycles. The molecule has 0 bridgehead atoms. The Morgan fingerprint density at radius 3 is 2.50 bits per heavy atom. The summed E-state index contributed by atoms with van der Waals surface area (Å²) in [6.45, 7) is 0. The molecule has 2 N–H and O–H groups in total. The Bertz CT molecular complexity index is 679. The molecular formula is C15H12Cl3NO3. The van der Waals surface area contributed by atoms with Crippen molar-refractivity contribution in [2.75, 3.05) is 0 Å². The molecule has 0 saturated heterocycles. The van der Waals surface area contributed by atoms with Gasteiger partial charge in [-0.05, 0) is 41.6 Å². The van der Waals surface area contributed by atoms with Crippen molar-refractivity contribution in [1.82, 2.24) is 4.84 Å². The van der Waals surface area contributed by atoms with Crippen LogP contribution in [0.25, 0.3) is 0 Å². The Kier molecular flexibility index (Phi) is 5.91. The van der Waals surface area contributed by atoms with E-state index in [1.54, 1.807) is 42.5 Å². The standard InChI is InChI=1S/C15H12Cl3NO3/c16-12-5-4-11(7-13(12)17)22-10-3-1-2-9(6-10)14(19-18)8-15(20)21/h1-7,14,19H,8H2,(H,20,21). The first-order valence-electron chi connectivity index (χ1n) is 6.30. The van der Waals surface area contributed by atoms with Crippen molar-refractivity contribution in [3.05, 3.63) is 58.1 Å². The number of aliphatic carboxylic acids is 1. The summed E-state index contributed by atoms with van der Waals surface area (Å²) in [6.07, 6.45) is -0.139. The van der Waals surface area contributed by atoms with Gasteiger partial charge in [-0.2, -0.15) is 0 Å². The highest BCUT2D eigenvalue weighted by Gasteiger charge is 2.15. The van der Waals surface area contributed by atoms with Crippen LogP contribution in [0.2, 0.25) is 10.0 Å². The number of halogens is 3. The number of ether oxygens (including phenoxy) is 1. The minimum atomic E-state index is -0.950. The summed E-state index contributed by atoms with van der Waals surface area (Å²) in [5.74, 6) is 0.118. The molecule has 1 unspecified atom stereocenters. The normalized spacial score (nSPS) is 12.0. The molecule has 0 aliphatic heterocycles. The first-order valence-corrected chi connectivity index (χ1v) is 7.44. The summed E-state index contributed by atoms with van der Waals surface area (Å²) in [7, 11) is 0. The van der Waals surface area contributed by atoms with E-state index in [1.807, 2.05) is 0 Å². The zero-order valence-electron chi connectivity index (χ0n) is 11.2. The SMILES string of the molecule is O=C(O)CC(NCl)c1cccc(Oc2ccc(Cl)c(Cl)c2)c1. The Hall–Kier alpha value is -1.46. The fourth-order valence-corrected chi connectivity index (χ4v) is 2.36. The van der Waals surface area contributed by atoms with Gasteiger partial charge in [-0.1, -0.05) is 35.3 Å². The Balaban J connectivity index is 2.20. The molecule has 0 aliphatic carbocycles. The van der Waals surface area contributed by atoms with E-state index in [1.165, 1.54) is 0 Å². The van der Waals surface area contributed by atoms with Gasteiger partial charge in [0.2, 0.25) is 0 Å². The third-order valence-electron chi connectivity index (χ3n) is 2.90. The molecular weight excluding hydrogens is 349 g/mol. The molecule has 0 amide bonds. The summed E-state index contributed by atoms with van der Waals surface area (Å²) in [5.41, 5.74) is 0.704. The quantitative estimate of drug-likeness (QED) is 0.708. The van der Waals surface area contributed by atoms with Crippen molar-refractivity contribution in [3.8, 4) is 11.5 Å². The molecule has 0 radical (unpaired) electrons. The fraction of sp³-hybridized carbons (Fsp3) is 0.133. The van der Waals surface area contributed by atoms with Gasteiger partial charge in [0.15, 0.2) is 0 Å². The average molecular weight is 361 g/mol. The highest BCUT2D eigenvalue weighted by molar-refractivity contribution is 6.42. The van der Waals surface area contributed by atoms with E-state index in [0.29, 0.717) is 27.1 Å². The topological polar surface area (TPSA) is 58.6 Å². The van der Waals surface area contributed by atoms with Crippen molar-refractivity contribution in [2.45, 2.75) is 12.5 Å². The van der Waals surface area contributed by atoms with Gasteiger partial charge in [-0.15, -0.1) is 0 Å². The number of hydrogen-bond acceptors (Lipinski definition) is 3. The Labute approximate surface area is 142 Å². The van der Waals surface area contributed by atoms with Crippen molar-refractivity contribution in [1.29, 1.82) is 0 Å². The number of nitrogens with one attached hydrogen (secondary N) is 1. The maximum absolute atomic E-state index is 10.8. The molecule has 0 saturated carbocycles. The number of carboxylic acid groups (broad SMARTS) is 1. The highest BCUT2D eigenvalue weighted by Crippen LogP contribution is 2.30. The van der Waals surface area contributed by atoms with Gasteiger partial charge in [0.1, 0.15) is 11.5 Å². The van der Waals surface area contributed by atoms with Gasteiger partial charge in [0, 0.05) is 6.07 Å². The fourth-order valence-electron chi connectivity index (χ4n) is 1.87. The number of hydrogen-bond donors (Lipinski definition) is 2. The molecule has 1 atom stereocenters. The molecule has 116 valence electrons. The molecule has 7 heteroatoms. The van der Waals surface area contributed by atoms with E-state index in [-0.39, 0.29) is 6.42 Å². The number of carbonyl (C=O) groups is 1. The highest BCUT2D eigenvalue weighted by atomic mass is 35.5. The minimum Gasteiger partial charge on any atom is -0.481 e. The van der Waals surface area contributed by atoms with Gasteiger partial charge in [-0.3, -0.25) is 4.79 Å². The van der Waals surface area contributed by atoms with Gasteiger partial charge < -0.3 is 9.84 Å². The third-order valence-corrected chi connectivity index (χ3v) is 3.90. The zero-order chi connectivity index (χ0) is 16.1. The number of rotatable bonds is 6. The van der Waals surface area contributed by atoms with E-state index in [2.05, 4.69) is 4.84 Å². The van der Waals surface area contributed by atoms with Crippen LogP contribution in [0.1, 0.15) is 18.0 Å². The summed E-state index contributed by atoms with van der Waals surface area (Å²) in [6, 6.07) is 11.4. The van der Waals surface area contributed by atoms with Crippen LogP contribution < -0.4 is 9.57 Å². The second-order valence-electron chi connectivity index (χ2n) is 4.51. The molecule has 2 aromatic rings. The van der Waals surface area contributed by atoms with Gasteiger partial charge >= 0.3 is 5.97 Å². The molecule has 0 aromatic heterocycles. The summed E-state index contributed by atoms with van der Waals surface area (Å²) in [5, 5.41) is 9.71. The maximum Gasteiger partial charge on any atom is 0.305 e. The molecule has 2 rings (SSSR count). The first-order chi connectivity index (χ1) is 10.5. The number of carboxylic acids is 1. The lowest BCUT2D eigenvalue weighted by Crippen LogP contribution is -2.15. The van der Waals surface area contributed by atoms with Crippen LogP contribution in [0.3, 0.4) is 0 Å². The van der Waals surface area contributed by atoms with Crippen LogP contribution in [-0.4, -0.2) is 11.1 Å². The lowest BCUT2D eigenvalue weighted by Gasteiger charge is -2.14. The first kappa shape index (κ1) is 16.9. The summed E-state index contributed by atoms with van der Waals surface area (Å²) < 4.78 is 5.69. The summed E-state index contributed by atoms with van der Waals surface area (Å²) >= 11 is 17.4. The van der Waals surface area contributed by atoms with Crippen molar-refractivity contribution in [3.63, 3.8) is 0 Å². The maximum atomic E-state index is 10.8. The van der Waals surface area contributed by atoms with Crippen LogP contribution >= 0.6 is 35.0 Å². The lowest BCUT2D eigenvalue weighted by molar-refractivity contribution is -0.137. The summed E-state index contributed by atoms with van der Waals surface area (Å²) in [4.78, 5) is 13.3. The predicted molar refractivity (Wildman–Crippen MR) is 87.0 cm³/mol. The molecule has 0 heterocycles. The smallest absolute Gasteiger partial charge is 0.305 e. The van der Waals surface area contributed by atoms with E-state index < -0.39 is 12.0 Å². The van der Waals surface area contributed by atoms with Crippen LogP contribution in [0.4, 0.5) is 0 Å². The zero-order valence-corrected chi connectivity index (χ0v) is 13.5. The van der Waals surface area contributed by atoms with Crippen molar-refractivity contribution < 1.29 is 14.6 Å². The Morgan fingerprint density at radius 2 is 1.86 bits per heavy atom. The van der Waals surface area contributed by atoms with Gasteiger partial charge in [-0.25, -0.2) is 4.84 Å². The predicted octanol–water partition coefficient (Wildman–Crippen LogP) is 5.04. The van der Waals surface area contributed by atoms with E-state index in [9.17, 15) is 4.79 Å². The van der Waals surface area contributed by atoms with E-state index >= 15 is 0 Å². The van der Waals surface area contributed by atoms with Crippen molar-refractivity contribution in [2.24, 2.45) is 0 Å². The average Bonchev–Trinajstić information content (AvgIpc) is 2.48. The molecule has 0 fully saturated rings. The van der Waals surface area contributed by atoms with Crippen LogP contribution in [0, 0.1) is 0 Å². The van der Waals surface area contributed by atoms with Gasteiger partial charge in [0.25, 0.3) is 0 Å². The van der Waals surface area contributed by atoms with Gasteiger partial charge in [0.05, 0.1) is 22.5 Å². The molecule has 4 nitrogen and oxygen atoms in total. The minimum absolute atomic E-state index is 0.139. The van der Waals surface area contributed by atoms with Crippen LogP contribution in [0.15, 0.2) is 42.5 Å². The monoisotopic (exact) mass is 359 g/mol. The van der Waals surface area contributed by atoms with Crippen LogP contribution in [-0.2, 0) is 4.79 Å². The second-order valence-corrected chi connectivity index (χ2v) is 5.54. The number of benzene rings is 2. The van der Waals surface area contributed by atoms with E-state index in [4.69, 9.17) is 44.8 Å². The molecule has 22 heavy (non-hydrogen) atoms. The largest absolute Gasteiger partial charge is 0.481 e. The third kappa shape index (κ3) is 4.52. The molecule has 0 aliphatic rings. The van der Waals surface area contributed by atoms with Crippen molar-refractivity contribution >= 4 is 40.9 Å². The Morgan fingerprint density at radius 1 is 1.14 bits per heavy atom.